The molecular weight excluding hydrogens is 298 g/mol. The summed E-state index contributed by atoms with van der Waals surface area (Å²) in [4.78, 5) is 25.2. The van der Waals surface area contributed by atoms with Crippen LogP contribution in [-0.4, -0.2) is 45.7 Å². The number of nitrogens with zero attached hydrogens (tertiary/aromatic N) is 1. The minimum atomic E-state index is -1.73. The van der Waals surface area contributed by atoms with Crippen molar-refractivity contribution in [1.82, 2.24) is 4.90 Å². The van der Waals surface area contributed by atoms with E-state index in [9.17, 15) is 14.7 Å². The number of benzene rings is 1. The third-order valence-corrected chi connectivity index (χ3v) is 4.24. The minimum Gasteiger partial charge on any atom is -0.479 e. The van der Waals surface area contributed by atoms with Gasteiger partial charge in [-0.05, 0) is 23.8 Å². The van der Waals surface area contributed by atoms with Crippen LogP contribution in [0, 0.1) is 0 Å². The Labute approximate surface area is 133 Å². The Morgan fingerprint density at radius 3 is 2.48 bits per heavy atom. The van der Waals surface area contributed by atoms with Gasteiger partial charge in [-0.25, -0.2) is 4.79 Å². The zero-order valence-corrected chi connectivity index (χ0v) is 12.4. The molecule has 0 spiro atoms. The smallest absolute Gasteiger partial charge is 0.335 e. The van der Waals surface area contributed by atoms with Gasteiger partial charge < -0.3 is 19.5 Å². The van der Waals surface area contributed by atoms with Gasteiger partial charge in [-0.1, -0.05) is 12.1 Å². The molecule has 23 heavy (non-hydrogen) atoms. The Morgan fingerprint density at radius 2 is 1.87 bits per heavy atom. The van der Waals surface area contributed by atoms with E-state index in [2.05, 4.69) is 0 Å². The number of likely N-dealkylation sites (tertiary alicyclic amines) is 1. The molecule has 0 radical (unpaired) electrons. The first-order chi connectivity index (χ1) is 11.0. The maximum absolute atomic E-state index is 12.6. The van der Waals surface area contributed by atoms with Crippen molar-refractivity contribution < 1.29 is 24.2 Å². The maximum Gasteiger partial charge on any atom is 0.335 e. The molecule has 2 heterocycles. The van der Waals surface area contributed by atoms with Crippen LogP contribution in [0.4, 0.5) is 0 Å². The molecule has 0 bridgehead atoms. The molecule has 3 rings (SSSR count). The van der Waals surface area contributed by atoms with Crippen molar-refractivity contribution in [3.8, 4) is 11.1 Å². The van der Waals surface area contributed by atoms with Gasteiger partial charge in [-0.2, -0.15) is 0 Å². The summed E-state index contributed by atoms with van der Waals surface area (Å²) in [7, 11) is 0. The molecule has 1 saturated heterocycles. The van der Waals surface area contributed by atoms with Gasteiger partial charge in [0, 0.05) is 37.1 Å². The molecule has 120 valence electrons. The van der Waals surface area contributed by atoms with Crippen LogP contribution < -0.4 is 0 Å². The lowest BCUT2D eigenvalue weighted by atomic mass is 9.91. The van der Waals surface area contributed by atoms with Gasteiger partial charge in [0.25, 0.3) is 5.91 Å². The second-order valence-electron chi connectivity index (χ2n) is 5.72. The Morgan fingerprint density at radius 1 is 1.13 bits per heavy atom. The number of carbonyl (C=O) groups excluding carboxylic acids is 1. The number of rotatable bonds is 3. The minimum absolute atomic E-state index is 0.0372. The van der Waals surface area contributed by atoms with Gasteiger partial charge >= 0.3 is 5.97 Å². The Bertz CT molecular complexity index is 714. The molecule has 0 aliphatic carbocycles. The van der Waals surface area contributed by atoms with Crippen molar-refractivity contribution in [2.24, 2.45) is 0 Å². The SMILES string of the molecule is O=C(c1cccc(-c2ccoc2)c1)N1CCC(O)(C(=O)O)CC1. The highest BCUT2D eigenvalue weighted by molar-refractivity contribution is 5.95. The monoisotopic (exact) mass is 315 g/mol. The third-order valence-electron chi connectivity index (χ3n) is 4.24. The fraction of sp³-hybridized carbons (Fsp3) is 0.294. The number of hydrogen-bond donors (Lipinski definition) is 2. The summed E-state index contributed by atoms with van der Waals surface area (Å²) in [5.74, 6) is -1.39. The van der Waals surface area contributed by atoms with Gasteiger partial charge in [-0.15, -0.1) is 0 Å². The lowest BCUT2D eigenvalue weighted by molar-refractivity contribution is -0.162. The zero-order chi connectivity index (χ0) is 16.4. The van der Waals surface area contributed by atoms with Crippen LogP contribution in [0.3, 0.4) is 0 Å². The normalized spacial score (nSPS) is 17.0. The molecule has 0 atom stereocenters. The second kappa shape index (κ2) is 5.89. The van der Waals surface area contributed by atoms with E-state index in [1.807, 2.05) is 12.1 Å². The van der Waals surface area contributed by atoms with Crippen LogP contribution in [0.5, 0.6) is 0 Å². The van der Waals surface area contributed by atoms with E-state index in [0.29, 0.717) is 5.56 Å². The fourth-order valence-electron chi connectivity index (χ4n) is 2.74. The number of furan rings is 1. The average Bonchev–Trinajstić information content (AvgIpc) is 3.09. The Kier molecular flexibility index (Phi) is 3.92. The zero-order valence-electron chi connectivity index (χ0n) is 12.4. The molecule has 1 fully saturated rings. The molecule has 1 aliphatic rings. The highest BCUT2D eigenvalue weighted by atomic mass is 16.4. The summed E-state index contributed by atoms with van der Waals surface area (Å²) in [6.07, 6.45) is 3.25. The summed E-state index contributed by atoms with van der Waals surface area (Å²) in [5.41, 5.74) is 0.571. The molecule has 1 aliphatic heterocycles. The van der Waals surface area contributed by atoms with E-state index in [1.54, 1.807) is 35.6 Å². The maximum atomic E-state index is 12.6. The standard InChI is InChI=1S/C17H17NO5/c19-15(18-7-5-17(22,6-8-18)16(20)21)13-3-1-2-12(10-13)14-4-9-23-11-14/h1-4,9-11,22H,5-8H2,(H,20,21). The Balaban J connectivity index is 1.75. The molecule has 6 nitrogen and oxygen atoms in total. The van der Waals surface area contributed by atoms with Crippen LogP contribution in [0.2, 0.25) is 0 Å². The highest BCUT2D eigenvalue weighted by Gasteiger charge is 2.40. The summed E-state index contributed by atoms with van der Waals surface area (Å²) < 4.78 is 5.05. The van der Waals surface area contributed by atoms with Gasteiger partial charge in [0.2, 0.25) is 0 Å². The van der Waals surface area contributed by atoms with Crippen molar-refractivity contribution in [1.29, 1.82) is 0 Å². The van der Waals surface area contributed by atoms with Crippen molar-refractivity contribution in [3.05, 3.63) is 48.4 Å². The molecule has 1 aromatic carbocycles. The first-order valence-corrected chi connectivity index (χ1v) is 7.37. The van der Waals surface area contributed by atoms with Crippen molar-refractivity contribution in [2.45, 2.75) is 18.4 Å². The number of aliphatic carboxylic acids is 1. The summed E-state index contributed by atoms with van der Waals surface area (Å²) in [5, 5.41) is 19.0. The molecule has 0 saturated carbocycles. The number of carboxylic acids is 1. The molecule has 1 amide bonds. The number of amides is 1. The lowest BCUT2D eigenvalue weighted by Crippen LogP contribution is -2.50. The van der Waals surface area contributed by atoms with E-state index >= 15 is 0 Å². The number of piperidine rings is 1. The van der Waals surface area contributed by atoms with Crippen LogP contribution in [-0.2, 0) is 4.79 Å². The summed E-state index contributed by atoms with van der Waals surface area (Å²) in [6.45, 7) is 0.440. The average molecular weight is 315 g/mol. The summed E-state index contributed by atoms with van der Waals surface area (Å²) >= 11 is 0. The predicted octanol–water partition coefficient (Wildman–Crippen LogP) is 2.00. The van der Waals surface area contributed by atoms with Gasteiger partial charge in [0.15, 0.2) is 5.60 Å². The number of carboxylic acid groups (broad SMARTS) is 1. The number of hydrogen-bond acceptors (Lipinski definition) is 4. The van der Waals surface area contributed by atoms with E-state index in [-0.39, 0.29) is 31.8 Å². The molecule has 1 aromatic heterocycles. The quantitative estimate of drug-likeness (QED) is 0.904. The molecular formula is C17H17NO5. The van der Waals surface area contributed by atoms with Gasteiger partial charge in [-0.3, -0.25) is 4.79 Å². The van der Waals surface area contributed by atoms with E-state index < -0.39 is 11.6 Å². The van der Waals surface area contributed by atoms with Crippen LogP contribution >= 0.6 is 0 Å². The largest absolute Gasteiger partial charge is 0.479 e. The fourth-order valence-corrected chi connectivity index (χ4v) is 2.74. The van der Waals surface area contributed by atoms with Crippen LogP contribution in [0.15, 0.2) is 47.3 Å². The Hall–Kier alpha value is -2.60. The second-order valence-corrected chi connectivity index (χ2v) is 5.72. The predicted molar refractivity (Wildman–Crippen MR) is 81.9 cm³/mol. The number of carbonyl (C=O) groups is 2. The van der Waals surface area contributed by atoms with Crippen LogP contribution in [0.25, 0.3) is 11.1 Å². The third kappa shape index (κ3) is 2.98. The van der Waals surface area contributed by atoms with E-state index in [0.717, 1.165) is 11.1 Å². The number of aliphatic hydroxyl groups is 1. The molecule has 0 unspecified atom stereocenters. The molecule has 6 heteroatoms. The van der Waals surface area contributed by atoms with Crippen molar-refractivity contribution in [3.63, 3.8) is 0 Å². The molecule has 2 N–H and O–H groups in total. The van der Waals surface area contributed by atoms with E-state index in [1.165, 1.54) is 0 Å². The van der Waals surface area contributed by atoms with Crippen molar-refractivity contribution in [2.75, 3.05) is 13.1 Å². The van der Waals surface area contributed by atoms with E-state index in [4.69, 9.17) is 9.52 Å². The first-order valence-electron chi connectivity index (χ1n) is 7.37. The van der Waals surface area contributed by atoms with Gasteiger partial charge in [0.05, 0.1) is 12.5 Å². The highest BCUT2D eigenvalue weighted by Crippen LogP contribution is 2.25. The van der Waals surface area contributed by atoms with Crippen molar-refractivity contribution >= 4 is 11.9 Å². The topological polar surface area (TPSA) is 91.0 Å². The first kappa shape index (κ1) is 15.3. The van der Waals surface area contributed by atoms with Gasteiger partial charge in [0.1, 0.15) is 0 Å². The lowest BCUT2D eigenvalue weighted by Gasteiger charge is -2.35. The molecule has 2 aromatic rings. The summed E-state index contributed by atoms with van der Waals surface area (Å²) in [6, 6.07) is 9.01. The van der Waals surface area contributed by atoms with Crippen LogP contribution in [0.1, 0.15) is 23.2 Å².